The van der Waals surface area contributed by atoms with Crippen LogP contribution in [0.3, 0.4) is 0 Å². The summed E-state index contributed by atoms with van der Waals surface area (Å²) in [5.41, 5.74) is 0. The zero-order valence-corrected chi connectivity index (χ0v) is 9.25. The van der Waals surface area contributed by atoms with Gasteiger partial charge in [0.05, 0.1) is 11.5 Å². The minimum atomic E-state index is -3.95. The van der Waals surface area contributed by atoms with E-state index in [1.807, 2.05) is 0 Å². The van der Waals surface area contributed by atoms with Gasteiger partial charge in [0.2, 0.25) is 0 Å². The zero-order chi connectivity index (χ0) is 9.99. The predicted molar refractivity (Wildman–Crippen MR) is 46.5 cm³/mol. The monoisotopic (exact) mass is 233 g/mol. The molecular weight excluding hydrogens is 223 g/mol. The molecule has 0 aromatic carbocycles. The lowest BCUT2D eigenvalue weighted by Gasteiger charge is -1.86. The quantitative estimate of drug-likeness (QED) is 0.660. The first-order valence-corrected chi connectivity index (χ1v) is 8.98. The van der Waals surface area contributed by atoms with E-state index in [-0.39, 0.29) is 0 Å². The molecule has 0 aliphatic heterocycles. The van der Waals surface area contributed by atoms with E-state index in [9.17, 15) is 21.4 Å². The Bertz CT molecular complexity index is 328. The minimum Gasteiger partial charge on any atom is -0.177 e. The van der Waals surface area contributed by atoms with Gasteiger partial charge in [-0.15, -0.1) is 0 Å². The van der Waals surface area contributed by atoms with Gasteiger partial charge in [-0.05, 0) is 18.4 Å². The van der Waals surface area contributed by atoms with E-state index in [1.165, 1.54) is 13.8 Å². The molecule has 5 nitrogen and oxygen atoms in total. The largest absolute Gasteiger partial charge is 0.591 e. The van der Waals surface area contributed by atoms with Gasteiger partial charge in [-0.3, -0.25) is 0 Å². The van der Waals surface area contributed by atoms with Crippen LogP contribution in [0.2, 0.25) is 0 Å². The lowest BCUT2D eigenvalue weighted by molar-refractivity contribution is 0.578. The summed E-state index contributed by atoms with van der Waals surface area (Å²) in [5, 5.41) is 0. The van der Waals surface area contributed by atoms with Crippen molar-refractivity contribution in [3.8, 4) is 0 Å². The van der Waals surface area contributed by atoms with Crippen LogP contribution in [-0.4, -0.2) is 28.3 Å². The van der Waals surface area contributed by atoms with Crippen LogP contribution >= 0.6 is 6.20 Å². The van der Waals surface area contributed by atoms with Crippen LogP contribution in [0.25, 0.3) is 0 Å². The Labute approximate surface area is 72.3 Å². The Hall–Kier alpha value is -0.000000000000000111. The second kappa shape index (κ2) is 3.81. The molecule has 0 rings (SSSR count). The van der Waals surface area contributed by atoms with Crippen LogP contribution in [0.4, 0.5) is 0 Å². The molecule has 8 heteroatoms. The topological polar surface area (TPSA) is 85.3 Å². The van der Waals surface area contributed by atoms with Crippen molar-refractivity contribution >= 4 is 25.1 Å². The van der Waals surface area contributed by atoms with E-state index in [4.69, 9.17) is 0 Å². The molecule has 0 heterocycles. The third-order valence-corrected chi connectivity index (χ3v) is 11.9. The van der Waals surface area contributed by atoms with Crippen molar-refractivity contribution in [1.82, 2.24) is 0 Å². The van der Waals surface area contributed by atoms with Gasteiger partial charge in [0.15, 0.2) is 0 Å². The SMILES string of the molecule is CCS(=O)(=O)[P+](=O)S(=O)(=O)CC. The molecule has 0 bridgehead atoms. The Morgan fingerprint density at radius 1 is 0.917 bits per heavy atom. The molecule has 0 aliphatic carbocycles. The third kappa shape index (κ3) is 2.50. The minimum absolute atomic E-state index is 0.415. The highest BCUT2D eigenvalue weighted by atomic mass is 33.1. The Morgan fingerprint density at radius 3 is 1.33 bits per heavy atom. The van der Waals surface area contributed by atoms with Gasteiger partial charge in [0.1, 0.15) is 0 Å². The lowest BCUT2D eigenvalue weighted by atomic mass is 11.0. The first kappa shape index (κ1) is 12.0. The molecule has 0 aromatic rings. The Balaban J connectivity index is 5.16. The summed E-state index contributed by atoms with van der Waals surface area (Å²) in [5.74, 6) is -0.830. The first-order chi connectivity index (χ1) is 5.28. The lowest BCUT2D eigenvalue weighted by Crippen LogP contribution is -2.05. The molecule has 0 saturated carbocycles. The van der Waals surface area contributed by atoms with Crippen molar-refractivity contribution in [2.75, 3.05) is 11.5 Å². The fourth-order valence-electron chi connectivity index (χ4n) is 0.384. The van der Waals surface area contributed by atoms with Crippen LogP contribution < -0.4 is 0 Å². The average Bonchev–Trinajstić information content (AvgIpc) is 2.03. The zero-order valence-electron chi connectivity index (χ0n) is 6.72. The number of hydrogen-bond acceptors (Lipinski definition) is 5. The molecule has 12 heavy (non-hydrogen) atoms. The summed E-state index contributed by atoms with van der Waals surface area (Å²) in [6.45, 7) is 2.52. The van der Waals surface area contributed by atoms with Crippen molar-refractivity contribution in [3.63, 3.8) is 0 Å². The number of hydrogen-bond donors (Lipinski definition) is 0. The second-order valence-corrected chi connectivity index (χ2v) is 11.9. The Morgan fingerprint density at radius 2 is 1.17 bits per heavy atom. The molecule has 0 fully saturated rings. The van der Waals surface area contributed by atoms with E-state index in [1.54, 1.807) is 0 Å². The summed E-state index contributed by atoms with van der Waals surface area (Å²) in [6, 6.07) is 0. The summed E-state index contributed by atoms with van der Waals surface area (Å²) >= 11 is 0. The molecule has 0 spiro atoms. The normalized spacial score (nSPS) is 12.8. The highest BCUT2D eigenvalue weighted by Gasteiger charge is 2.46. The third-order valence-electron chi connectivity index (χ3n) is 1.18. The maximum atomic E-state index is 10.9. The molecular formula is C4H10O5PS2+. The molecule has 0 radical (unpaired) electrons. The molecule has 0 aromatic heterocycles. The van der Waals surface area contributed by atoms with Gasteiger partial charge in [-0.2, -0.15) is 16.8 Å². The van der Waals surface area contributed by atoms with Gasteiger partial charge in [0.25, 0.3) is 0 Å². The standard InChI is InChI=1S/C4H10O5PS2/c1-3-11(6,7)10(5)12(8,9)4-2/h3-4H2,1-2H3/q+1. The summed E-state index contributed by atoms with van der Waals surface area (Å²) in [7, 11) is -7.89. The molecule has 72 valence electrons. The van der Waals surface area contributed by atoms with E-state index >= 15 is 0 Å². The van der Waals surface area contributed by atoms with Crippen LogP contribution in [0.5, 0.6) is 0 Å². The summed E-state index contributed by atoms with van der Waals surface area (Å²) < 4.78 is 54.3. The molecule has 0 atom stereocenters. The van der Waals surface area contributed by atoms with Crippen molar-refractivity contribution in [2.24, 2.45) is 0 Å². The van der Waals surface area contributed by atoms with Gasteiger partial charge in [0, 0.05) is 0 Å². The Kier molecular flexibility index (Phi) is 3.81. The second-order valence-electron chi connectivity index (χ2n) is 1.96. The van der Waals surface area contributed by atoms with E-state index in [0.717, 1.165) is 0 Å². The molecule has 0 unspecified atom stereocenters. The van der Waals surface area contributed by atoms with Crippen LogP contribution in [0, 0.1) is 0 Å². The van der Waals surface area contributed by atoms with E-state index in [2.05, 4.69) is 0 Å². The summed E-state index contributed by atoms with van der Waals surface area (Å²) in [4.78, 5) is 0. The first-order valence-electron chi connectivity index (χ1n) is 3.21. The van der Waals surface area contributed by atoms with Gasteiger partial charge in [-0.1, -0.05) is 0 Å². The smallest absolute Gasteiger partial charge is 0.177 e. The fraction of sp³-hybridized carbons (Fsp3) is 1.00. The van der Waals surface area contributed by atoms with Crippen molar-refractivity contribution in [2.45, 2.75) is 13.8 Å². The van der Waals surface area contributed by atoms with Gasteiger partial charge >= 0.3 is 25.1 Å². The molecule has 0 N–H and O–H groups in total. The number of rotatable bonds is 4. The van der Waals surface area contributed by atoms with Crippen molar-refractivity contribution in [1.29, 1.82) is 0 Å². The fourth-order valence-corrected chi connectivity index (χ4v) is 8.47. The van der Waals surface area contributed by atoms with Gasteiger partial charge in [-0.25, -0.2) is 0 Å². The predicted octanol–water partition coefficient (Wildman–Crippen LogP) is 0.513. The van der Waals surface area contributed by atoms with Gasteiger partial charge < -0.3 is 0 Å². The van der Waals surface area contributed by atoms with E-state index in [0.29, 0.717) is 0 Å². The average molecular weight is 233 g/mol. The van der Waals surface area contributed by atoms with Crippen molar-refractivity contribution in [3.05, 3.63) is 0 Å². The van der Waals surface area contributed by atoms with Crippen molar-refractivity contribution < 1.29 is 21.4 Å². The van der Waals surface area contributed by atoms with Crippen LogP contribution in [-0.2, 0) is 23.5 Å². The molecule has 0 saturated heterocycles. The van der Waals surface area contributed by atoms with Crippen LogP contribution in [0.15, 0.2) is 0 Å². The highest BCUT2D eigenvalue weighted by Crippen LogP contribution is 2.37. The van der Waals surface area contributed by atoms with Crippen LogP contribution in [0.1, 0.15) is 13.8 Å². The maximum Gasteiger partial charge on any atom is 0.591 e. The van der Waals surface area contributed by atoms with E-state index < -0.39 is 36.6 Å². The molecule has 0 aliphatic rings. The highest BCUT2D eigenvalue weighted by molar-refractivity contribution is 8.78. The molecule has 0 amide bonds. The maximum absolute atomic E-state index is 10.9. The summed E-state index contributed by atoms with van der Waals surface area (Å²) in [6.07, 6.45) is -3.17.